The number of pyridine rings is 1. The second-order valence-corrected chi connectivity index (χ2v) is 5.84. The molecule has 0 bridgehead atoms. The van der Waals surface area contributed by atoms with Gasteiger partial charge in [0.2, 0.25) is 0 Å². The zero-order chi connectivity index (χ0) is 15.4. The van der Waals surface area contributed by atoms with Gasteiger partial charge in [0, 0.05) is 35.1 Å². The van der Waals surface area contributed by atoms with Crippen molar-refractivity contribution in [3.8, 4) is 11.4 Å². The van der Waals surface area contributed by atoms with Crippen molar-refractivity contribution >= 4 is 17.2 Å². The largest absolute Gasteiger partial charge is 0.363 e. The van der Waals surface area contributed by atoms with Crippen LogP contribution in [0, 0.1) is 6.92 Å². The van der Waals surface area contributed by atoms with Gasteiger partial charge in [0.05, 0.1) is 12.2 Å². The summed E-state index contributed by atoms with van der Waals surface area (Å²) < 4.78 is 0. The fourth-order valence-electron chi connectivity index (χ4n) is 2.04. The van der Waals surface area contributed by atoms with E-state index in [0.29, 0.717) is 12.4 Å². The lowest BCUT2D eigenvalue weighted by molar-refractivity contribution is 0.995. The highest BCUT2D eigenvalue weighted by atomic mass is 32.1. The van der Waals surface area contributed by atoms with Gasteiger partial charge in [-0.3, -0.25) is 4.98 Å². The Kier molecular flexibility index (Phi) is 4.39. The smallest absolute Gasteiger partial charge is 0.163 e. The standard InChI is InChI=1S/C16H17N5S/c1-3-13-10-22-15(20-13)9-18-14-7-11(2)19-16(21-14)12-5-4-6-17-8-12/h4-8,10H,3,9H2,1-2H3,(H,18,19,21). The molecule has 5 nitrogen and oxygen atoms in total. The van der Waals surface area contributed by atoms with Gasteiger partial charge in [-0.25, -0.2) is 15.0 Å². The summed E-state index contributed by atoms with van der Waals surface area (Å²) in [5.41, 5.74) is 2.97. The molecule has 22 heavy (non-hydrogen) atoms. The highest BCUT2D eigenvalue weighted by Crippen LogP contribution is 2.18. The summed E-state index contributed by atoms with van der Waals surface area (Å²) in [6.07, 6.45) is 4.48. The van der Waals surface area contributed by atoms with Crippen molar-refractivity contribution in [3.63, 3.8) is 0 Å². The summed E-state index contributed by atoms with van der Waals surface area (Å²) in [5.74, 6) is 1.49. The first-order valence-electron chi connectivity index (χ1n) is 7.18. The van der Waals surface area contributed by atoms with Gasteiger partial charge in [0.1, 0.15) is 10.8 Å². The Labute approximate surface area is 133 Å². The van der Waals surface area contributed by atoms with Crippen molar-refractivity contribution in [1.29, 1.82) is 0 Å². The molecule has 0 spiro atoms. The number of rotatable bonds is 5. The normalized spacial score (nSPS) is 10.6. The fraction of sp³-hybridized carbons (Fsp3) is 0.250. The molecule has 3 rings (SSSR count). The molecule has 3 aromatic heterocycles. The molecule has 0 amide bonds. The lowest BCUT2D eigenvalue weighted by atomic mass is 10.2. The van der Waals surface area contributed by atoms with E-state index >= 15 is 0 Å². The van der Waals surface area contributed by atoms with Crippen LogP contribution in [0.3, 0.4) is 0 Å². The average molecular weight is 311 g/mol. The molecule has 1 N–H and O–H groups in total. The summed E-state index contributed by atoms with van der Waals surface area (Å²) in [6.45, 7) is 4.75. The first-order chi connectivity index (χ1) is 10.7. The molecule has 0 aliphatic heterocycles. The predicted molar refractivity (Wildman–Crippen MR) is 88.8 cm³/mol. The van der Waals surface area contributed by atoms with Crippen molar-refractivity contribution in [2.45, 2.75) is 26.8 Å². The zero-order valence-corrected chi connectivity index (χ0v) is 13.4. The molecule has 0 aliphatic carbocycles. The molecule has 0 fully saturated rings. The van der Waals surface area contributed by atoms with Crippen LogP contribution in [0.5, 0.6) is 0 Å². The summed E-state index contributed by atoms with van der Waals surface area (Å²) in [5, 5.41) is 6.49. The molecule has 112 valence electrons. The van der Waals surface area contributed by atoms with Crippen molar-refractivity contribution < 1.29 is 0 Å². The SMILES string of the molecule is CCc1csc(CNc2cc(C)nc(-c3cccnc3)n2)n1. The molecular formula is C16H17N5S. The van der Waals surface area contributed by atoms with Crippen LogP contribution < -0.4 is 5.32 Å². The first-order valence-corrected chi connectivity index (χ1v) is 8.06. The third kappa shape index (κ3) is 3.46. The van der Waals surface area contributed by atoms with Gasteiger partial charge in [0.15, 0.2) is 5.82 Å². The van der Waals surface area contributed by atoms with Crippen LogP contribution >= 0.6 is 11.3 Å². The first kappa shape index (κ1) is 14.6. The van der Waals surface area contributed by atoms with Crippen LogP contribution in [0.4, 0.5) is 5.82 Å². The topological polar surface area (TPSA) is 63.6 Å². The lowest BCUT2D eigenvalue weighted by Gasteiger charge is -2.07. The number of hydrogen-bond donors (Lipinski definition) is 1. The lowest BCUT2D eigenvalue weighted by Crippen LogP contribution is -2.04. The van der Waals surface area contributed by atoms with Gasteiger partial charge in [0.25, 0.3) is 0 Å². The van der Waals surface area contributed by atoms with E-state index in [2.05, 4.69) is 37.6 Å². The van der Waals surface area contributed by atoms with Crippen LogP contribution in [-0.4, -0.2) is 19.9 Å². The van der Waals surface area contributed by atoms with Crippen LogP contribution in [0.25, 0.3) is 11.4 Å². The number of nitrogens with zero attached hydrogens (tertiary/aromatic N) is 4. The van der Waals surface area contributed by atoms with Crippen molar-refractivity contribution in [2.24, 2.45) is 0 Å². The molecule has 0 aromatic carbocycles. The second-order valence-electron chi connectivity index (χ2n) is 4.90. The average Bonchev–Trinajstić information content (AvgIpc) is 3.01. The molecule has 3 heterocycles. The number of hydrogen-bond acceptors (Lipinski definition) is 6. The minimum atomic E-state index is 0.674. The maximum Gasteiger partial charge on any atom is 0.163 e. The fourth-order valence-corrected chi connectivity index (χ4v) is 2.86. The molecule has 6 heteroatoms. The molecule has 0 saturated heterocycles. The van der Waals surface area contributed by atoms with Gasteiger partial charge in [-0.15, -0.1) is 11.3 Å². The molecule has 0 saturated carbocycles. The minimum absolute atomic E-state index is 0.674. The Morgan fingerprint density at radius 1 is 1.23 bits per heavy atom. The van der Waals surface area contributed by atoms with E-state index < -0.39 is 0 Å². The molecule has 0 atom stereocenters. The molecule has 3 aromatic rings. The van der Waals surface area contributed by atoms with E-state index in [-0.39, 0.29) is 0 Å². The van der Waals surface area contributed by atoms with Crippen molar-refractivity contribution in [2.75, 3.05) is 5.32 Å². The number of nitrogens with one attached hydrogen (secondary N) is 1. The quantitative estimate of drug-likeness (QED) is 0.781. The number of aryl methyl sites for hydroxylation is 2. The Bertz CT molecular complexity index is 754. The number of thiazole rings is 1. The Morgan fingerprint density at radius 3 is 2.86 bits per heavy atom. The Morgan fingerprint density at radius 2 is 2.14 bits per heavy atom. The zero-order valence-electron chi connectivity index (χ0n) is 12.6. The van der Waals surface area contributed by atoms with E-state index in [1.165, 1.54) is 0 Å². The van der Waals surface area contributed by atoms with E-state index in [4.69, 9.17) is 0 Å². The monoisotopic (exact) mass is 311 g/mol. The third-order valence-corrected chi connectivity index (χ3v) is 4.05. The summed E-state index contributed by atoms with van der Waals surface area (Å²) in [7, 11) is 0. The van der Waals surface area contributed by atoms with E-state index in [1.807, 2.05) is 25.1 Å². The van der Waals surface area contributed by atoms with E-state index in [0.717, 1.165) is 34.2 Å². The number of aromatic nitrogens is 4. The second kappa shape index (κ2) is 6.62. The van der Waals surface area contributed by atoms with Gasteiger partial charge in [-0.2, -0.15) is 0 Å². The maximum absolute atomic E-state index is 4.56. The van der Waals surface area contributed by atoms with Gasteiger partial charge in [-0.05, 0) is 25.5 Å². The van der Waals surface area contributed by atoms with Gasteiger partial charge < -0.3 is 5.32 Å². The van der Waals surface area contributed by atoms with Crippen molar-refractivity contribution in [3.05, 3.63) is 52.4 Å². The molecular weight excluding hydrogens is 294 g/mol. The van der Waals surface area contributed by atoms with Crippen LogP contribution in [0.15, 0.2) is 36.0 Å². The highest BCUT2D eigenvalue weighted by Gasteiger charge is 2.06. The number of anilines is 1. The maximum atomic E-state index is 4.56. The molecule has 0 radical (unpaired) electrons. The van der Waals surface area contributed by atoms with Crippen LogP contribution in [0.2, 0.25) is 0 Å². The van der Waals surface area contributed by atoms with Gasteiger partial charge >= 0.3 is 0 Å². The Hall–Kier alpha value is -2.34. The predicted octanol–water partition coefficient (Wildman–Crippen LogP) is 3.48. The van der Waals surface area contributed by atoms with E-state index in [1.54, 1.807) is 23.7 Å². The summed E-state index contributed by atoms with van der Waals surface area (Å²) in [4.78, 5) is 17.7. The summed E-state index contributed by atoms with van der Waals surface area (Å²) >= 11 is 1.67. The Balaban J connectivity index is 1.78. The third-order valence-electron chi connectivity index (χ3n) is 3.16. The van der Waals surface area contributed by atoms with Crippen LogP contribution in [-0.2, 0) is 13.0 Å². The van der Waals surface area contributed by atoms with Gasteiger partial charge in [-0.1, -0.05) is 6.92 Å². The molecule has 0 unspecified atom stereocenters. The van der Waals surface area contributed by atoms with Crippen molar-refractivity contribution in [1.82, 2.24) is 19.9 Å². The van der Waals surface area contributed by atoms with E-state index in [9.17, 15) is 0 Å². The molecule has 0 aliphatic rings. The van der Waals surface area contributed by atoms with Crippen LogP contribution in [0.1, 0.15) is 23.3 Å². The summed E-state index contributed by atoms with van der Waals surface area (Å²) in [6, 6.07) is 5.78. The highest BCUT2D eigenvalue weighted by molar-refractivity contribution is 7.09. The minimum Gasteiger partial charge on any atom is -0.363 e.